The molecule has 0 aromatic heterocycles. The highest BCUT2D eigenvalue weighted by atomic mass is 16.1. The minimum Gasteiger partial charge on any atom is -0.369 e. The van der Waals surface area contributed by atoms with Crippen molar-refractivity contribution >= 4 is 5.91 Å². The highest BCUT2D eigenvalue weighted by Crippen LogP contribution is 2.64. The average Bonchev–Trinajstić information content (AvgIpc) is 2.34. The number of primary amides is 1. The Kier molecular flexibility index (Phi) is 1.47. The summed E-state index contributed by atoms with van der Waals surface area (Å²) in [7, 11) is 0. The van der Waals surface area contributed by atoms with E-state index in [0.717, 1.165) is 6.42 Å². The smallest absolute Gasteiger partial charge is 0.221 e. The van der Waals surface area contributed by atoms with Crippen molar-refractivity contribution in [1.29, 1.82) is 0 Å². The standard InChI is InChI=1S/C11H17NO/c1-10(2)7-4-5-11(10,3)8(6-7)9(12)13/h4-5,7-8H,6H2,1-3H3,(H2,12,13). The Morgan fingerprint density at radius 1 is 1.46 bits per heavy atom. The van der Waals surface area contributed by atoms with Crippen molar-refractivity contribution in [1.82, 2.24) is 0 Å². The number of hydrogen-bond donors (Lipinski definition) is 1. The second-order valence-corrected chi connectivity index (χ2v) is 5.16. The number of carbonyl (C=O) groups is 1. The predicted octanol–water partition coefficient (Wildman–Crippen LogP) is 1.71. The zero-order valence-corrected chi connectivity index (χ0v) is 8.50. The van der Waals surface area contributed by atoms with Crippen LogP contribution in [0.3, 0.4) is 0 Å². The van der Waals surface area contributed by atoms with Gasteiger partial charge < -0.3 is 5.73 Å². The molecule has 72 valence electrons. The van der Waals surface area contributed by atoms with Crippen LogP contribution in [0.4, 0.5) is 0 Å². The molecule has 0 spiro atoms. The van der Waals surface area contributed by atoms with Crippen LogP contribution in [-0.4, -0.2) is 5.91 Å². The van der Waals surface area contributed by atoms with Gasteiger partial charge in [0.05, 0.1) is 0 Å². The third-order valence-corrected chi connectivity index (χ3v) is 4.55. The van der Waals surface area contributed by atoms with Crippen LogP contribution in [-0.2, 0) is 4.79 Å². The lowest BCUT2D eigenvalue weighted by Crippen LogP contribution is -2.38. The molecule has 3 atom stereocenters. The molecule has 13 heavy (non-hydrogen) atoms. The molecule has 3 unspecified atom stereocenters. The maximum absolute atomic E-state index is 11.3. The molecule has 0 saturated heterocycles. The van der Waals surface area contributed by atoms with Crippen molar-refractivity contribution in [2.24, 2.45) is 28.4 Å². The van der Waals surface area contributed by atoms with Crippen molar-refractivity contribution < 1.29 is 4.79 Å². The summed E-state index contributed by atoms with van der Waals surface area (Å²) in [5.74, 6) is 0.440. The van der Waals surface area contributed by atoms with Gasteiger partial charge in [-0.3, -0.25) is 4.79 Å². The normalized spacial score (nSPS) is 45.5. The van der Waals surface area contributed by atoms with E-state index in [4.69, 9.17) is 5.73 Å². The third kappa shape index (κ3) is 0.812. The predicted molar refractivity (Wildman–Crippen MR) is 51.8 cm³/mol. The summed E-state index contributed by atoms with van der Waals surface area (Å²) in [5.41, 5.74) is 5.61. The van der Waals surface area contributed by atoms with Crippen LogP contribution in [0.5, 0.6) is 0 Å². The average molecular weight is 179 g/mol. The molecule has 0 aromatic carbocycles. The Hall–Kier alpha value is -0.790. The fraction of sp³-hybridized carbons (Fsp3) is 0.727. The maximum Gasteiger partial charge on any atom is 0.221 e. The molecule has 0 radical (unpaired) electrons. The van der Waals surface area contributed by atoms with Gasteiger partial charge >= 0.3 is 0 Å². The molecule has 2 nitrogen and oxygen atoms in total. The van der Waals surface area contributed by atoms with E-state index in [2.05, 4.69) is 32.9 Å². The number of amides is 1. The fourth-order valence-corrected chi connectivity index (χ4v) is 3.02. The Balaban J connectivity index is 2.44. The first-order chi connectivity index (χ1) is 5.89. The number of nitrogens with two attached hydrogens (primary N) is 1. The van der Waals surface area contributed by atoms with E-state index < -0.39 is 0 Å². The molecule has 0 heterocycles. The number of rotatable bonds is 1. The minimum absolute atomic E-state index is 0.0104. The third-order valence-electron chi connectivity index (χ3n) is 4.55. The zero-order chi connectivity index (χ0) is 9.85. The van der Waals surface area contributed by atoms with Crippen LogP contribution in [0, 0.1) is 22.7 Å². The van der Waals surface area contributed by atoms with Gasteiger partial charge in [0, 0.05) is 11.3 Å². The van der Waals surface area contributed by atoms with Crippen LogP contribution in [0.25, 0.3) is 0 Å². The molecule has 2 rings (SSSR count). The number of hydrogen-bond acceptors (Lipinski definition) is 1. The summed E-state index contributed by atoms with van der Waals surface area (Å²) in [4.78, 5) is 11.3. The van der Waals surface area contributed by atoms with E-state index in [9.17, 15) is 4.79 Å². The van der Waals surface area contributed by atoms with Gasteiger partial charge in [-0.15, -0.1) is 0 Å². The van der Waals surface area contributed by atoms with Crippen molar-refractivity contribution in [3.05, 3.63) is 12.2 Å². The van der Waals surface area contributed by atoms with Gasteiger partial charge in [-0.25, -0.2) is 0 Å². The van der Waals surface area contributed by atoms with Crippen LogP contribution in [0.15, 0.2) is 12.2 Å². The first-order valence-corrected chi connectivity index (χ1v) is 4.88. The Morgan fingerprint density at radius 2 is 2.08 bits per heavy atom. The van der Waals surface area contributed by atoms with Gasteiger partial charge in [0.2, 0.25) is 5.91 Å². The lowest BCUT2D eigenvalue weighted by molar-refractivity contribution is -0.124. The molecule has 2 heteroatoms. The van der Waals surface area contributed by atoms with Crippen LogP contribution < -0.4 is 5.73 Å². The second-order valence-electron chi connectivity index (χ2n) is 5.16. The van der Waals surface area contributed by atoms with Gasteiger partial charge in [-0.05, 0) is 17.8 Å². The molecular weight excluding hydrogens is 162 g/mol. The summed E-state index contributed by atoms with van der Waals surface area (Å²) in [5, 5.41) is 0. The molecular formula is C11H17NO. The highest BCUT2D eigenvalue weighted by molar-refractivity contribution is 5.79. The Morgan fingerprint density at radius 3 is 2.31 bits per heavy atom. The highest BCUT2D eigenvalue weighted by Gasteiger charge is 2.60. The van der Waals surface area contributed by atoms with E-state index in [1.165, 1.54) is 0 Å². The molecule has 2 aliphatic carbocycles. The van der Waals surface area contributed by atoms with E-state index in [1.54, 1.807) is 0 Å². The lowest BCUT2D eigenvalue weighted by Gasteiger charge is -2.36. The molecule has 2 N–H and O–H groups in total. The van der Waals surface area contributed by atoms with E-state index >= 15 is 0 Å². The van der Waals surface area contributed by atoms with Gasteiger partial charge in [-0.2, -0.15) is 0 Å². The van der Waals surface area contributed by atoms with Crippen molar-refractivity contribution in [3.63, 3.8) is 0 Å². The van der Waals surface area contributed by atoms with E-state index in [0.29, 0.717) is 5.92 Å². The van der Waals surface area contributed by atoms with E-state index in [1.807, 2.05) is 0 Å². The summed E-state index contributed by atoms with van der Waals surface area (Å²) < 4.78 is 0. The van der Waals surface area contributed by atoms with Crippen molar-refractivity contribution in [3.8, 4) is 0 Å². The molecule has 1 amide bonds. The Labute approximate surface area is 79.2 Å². The van der Waals surface area contributed by atoms with Crippen LogP contribution in [0.2, 0.25) is 0 Å². The lowest BCUT2D eigenvalue weighted by atomic mass is 9.67. The quantitative estimate of drug-likeness (QED) is 0.612. The largest absolute Gasteiger partial charge is 0.369 e. The SMILES string of the molecule is CC1(C)C2C=CC1(C)C(C(N)=O)C2. The first kappa shape index (κ1) is 8.79. The minimum atomic E-state index is -0.137. The topological polar surface area (TPSA) is 43.1 Å². The van der Waals surface area contributed by atoms with E-state index in [-0.39, 0.29) is 22.7 Å². The van der Waals surface area contributed by atoms with Gasteiger partial charge in [0.25, 0.3) is 0 Å². The molecule has 2 aliphatic rings. The molecule has 0 aromatic rings. The number of fused-ring (bicyclic) bond motifs is 2. The second kappa shape index (κ2) is 2.17. The fourth-order valence-electron chi connectivity index (χ4n) is 3.02. The zero-order valence-electron chi connectivity index (χ0n) is 8.50. The van der Waals surface area contributed by atoms with Crippen LogP contribution in [0.1, 0.15) is 27.2 Å². The van der Waals surface area contributed by atoms with Crippen LogP contribution >= 0.6 is 0 Å². The van der Waals surface area contributed by atoms with Gasteiger partial charge in [0.15, 0.2) is 0 Å². The summed E-state index contributed by atoms with van der Waals surface area (Å²) >= 11 is 0. The summed E-state index contributed by atoms with van der Waals surface area (Å²) in [6.07, 6.45) is 5.38. The number of allylic oxidation sites excluding steroid dienone is 2. The molecule has 1 fully saturated rings. The monoisotopic (exact) mass is 179 g/mol. The van der Waals surface area contributed by atoms with Crippen molar-refractivity contribution in [2.45, 2.75) is 27.2 Å². The molecule has 0 aliphatic heterocycles. The maximum atomic E-state index is 11.3. The molecule has 1 saturated carbocycles. The Bertz CT molecular complexity index is 292. The first-order valence-electron chi connectivity index (χ1n) is 4.88. The van der Waals surface area contributed by atoms with Gasteiger partial charge in [-0.1, -0.05) is 32.9 Å². The number of carbonyl (C=O) groups excluding carboxylic acids is 1. The molecule has 2 bridgehead atoms. The summed E-state index contributed by atoms with van der Waals surface area (Å²) in [6, 6.07) is 0. The summed E-state index contributed by atoms with van der Waals surface area (Å²) in [6.45, 7) is 6.63. The van der Waals surface area contributed by atoms with Gasteiger partial charge in [0.1, 0.15) is 0 Å². The van der Waals surface area contributed by atoms with Crippen molar-refractivity contribution in [2.75, 3.05) is 0 Å².